The van der Waals surface area contributed by atoms with Crippen molar-refractivity contribution in [2.24, 2.45) is 0 Å². The lowest BCUT2D eigenvalue weighted by molar-refractivity contribution is -0.136. The molecule has 1 fully saturated rings. The maximum absolute atomic E-state index is 13.1. The summed E-state index contributed by atoms with van der Waals surface area (Å²) in [5.41, 5.74) is 0. The second-order valence-electron chi connectivity index (χ2n) is 6.00. The Balaban J connectivity index is 2.07. The maximum Gasteiger partial charge on any atom is 0.239 e. The van der Waals surface area contributed by atoms with Crippen LogP contribution in [0.25, 0.3) is 0 Å². The van der Waals surface area contributed by atoms with Crippen molar-refractivity contribution < 1.29 is 9.53 Å². The molecule has 1 atom stereocenters. The Morgan fingerprint density at radius 3 is 2.83 bits per heavy atom. The van der Waals surface area contributed by atoms with Crippen molar-refractivity contribution >= 4 is 17.7 Å². The van der Waals surface area contributed by atoms with Gasteiger partial charge in [0.2, 0.25) is 5.91 Å². The third kappa shape index (κ3) is 4.85. The van der Waals surface area contributed by atoms with Crippen LogP contribution in [0.1, 0.15) is 32.1 Å². The fourth-order valence-corrected chi connectivity index (χ4v) is 4.50. The number of amides is 1. The normalized spacial score (nSPS) is 21.4. The zero-order chi connectivity index (χ0) is 16.5. The quantitative estimate of drug-likeness (QED) is 0.502. The molecule has 0 radical (unpaired) electrons. The number of thioether (sulfide) groups is 1. The van der Waals surface area contributed by atoms with Crippen molar-refractivity contribution in [3.8, 4) is 0 Å². The summed E-state index contributed by atoms with van der Waals surface area (Å²) in [6, 6.07) is 10.2. The van der Waals surface area contributed by atoms with E-state index in [2.05, 4.69) is 18.7 Å². The molecular weight excluding hydrogens is 306 g/mol. The highest BCUT2D eigenvalue weighted by Crippen LogP contribution is 2.43. The number of allylic oxidation sites excluding steroid dienone is 1. The van der Waals surface area contributed by atoms with Crippen LogP contribution in [0.4, 0.5) is 0 Å². The highest BCUT2D eigenvalue weighted by molar-refractivity contribution is 8.01. The fourth-order valence-electron chi connectivity index (χ4n) is 3.09. The van der Waals surface area contributed by atoms with E-state index in [1.165, 1.54) is 0 Å². The minimum Gasteiger partial charge on any atom is -0.385 e. The van der Waals surface area contributed by atoms with Crippen LogP contribution in [0.2, 0.25) is 0 Å². The summed E-state index contributed by atoms with van der Waals surface area (Å²) in [5.74, 6) is 0.273. The largest absolute Gasteiger partial charge is 0.385 e. The van der Waals surface area contributed by atoms with Crippen LogP contribution in [0.3, 0.4) is 0 Å². The number of ether oxygens (including phenoxy) is 1. The average Bonchev–Trinajstić information content (AvgIpc) is 2.56. The second kappa shape index (κ2) is 9.14. The van der Waals surface area contributed by atoms with E-state index in [9.17, 15) is 4.79 Å². The van der Waals surface area contributed by atoms with E-state index < -0.39 is 0 Å². The van der Waals surface area contributed by atoms with E-state index in [0.717, 1.165) is 56.7 Å². The molecule has 1 aromatic carbocycles. The number of methoxy groups -OCH3 is 1. The van der Waals surface area contributed by atoms with Crippen molar-refractivity contribution in [2.75, 3.05) is 26.8 Å². The molecule has 1 aliphatic rings. The first kappa shape index (κ1) is 18.1. The Morgan fingerprint density at radius 2 is 2.13 bits per heavy atom. The molecule has 0 spiro atoms. The second-order valence-corrected chi connectivity index (χ2v) is 7.45. The van der Waals surface area contributed by atoms with E-state index in [-0.39, 0.29) is 10.7 Å². The molecular formula is C19H27NO2S. The van der Waals surface area contributed by atoms with Gasteiger partial charge in [0.15, 0.2) is 0 Å². The van der Waals surface area contributed by atoms with Gasteiger partial charge >= 0.3 is 0 Å². The SMILES string of the molecule is C=CCC1(Sc2ccccc2)CCCN(CCCCOC)C1=O. The van der Waals surface area contributed by atoms with Gasteiger partial charge in [-0.15, -0.1) is 18.3 Å². The molecule has 4 heteroatoms. The lowest BCUT2D eigenvalue weighted by Gasteiger charge is -2.41. The lowest BCUT2D eigenvalue weighted by atomic mass is 9.92. The molecule has 1 unspecified atom stereocenters. The monoisotopic (exact) mass is 333 g/mol. The minimum absolute atomic E-state index is 0.273. The van der Waals surface area contributed by atoms with Crippen molar-refractivity contribution in [2.45, 2.75) is 41.7 Å². The van der Waals surface area contributed by atoms with Crippen LogP contribution in [-0.4, -0.2) is 42.4 Å². The summed E-state index contributed by atoms with van der Waals surface area (Å²) in [4.78, 5) is 16.3. The van der Waals surface area contributed by atoms with Gasteiger partial charge in [-0.25, -0.2) is 0 Å². The molecule has 1 aromatic rings. The van der Waals surface area contributed by atoms with E-state index in [1.54, 1.807) is 18.9 Å². The number of hydrogen-bond donors (Lipinski definition) is 0. The summed E-state index contributed by atoms with van der Waals surface area (Å²) in [6.45, 7) is 6.35. The summed E-state index contributed by atoms with van der Waals surface area (Å²) < 4.78 is 4.71. The summed E-state index contributed by atoms with van der Waals surface area (Å²) in [6.07, 6.45) is 6.60. The Kier molecular flexibility index (Phi) is 7.18. The molecule has 1 heterocycles. The summed E-state index contributed by atoms with van der Waals surface area (Å²) in [7, 11) is 1.72. The number of carbonyl (C=O) groups is 1. The average molecular weight is 333 g/mol. The first-order valence-electron chi connectivity index (χ1n) is 8.35. The van der Waals surface area contributed by atoms with Crippen molar-refractivity contribution in [3.05, 3.63) is 43.0 Å². The van der Waals surface area contributed by atoms with Gasteiger partial charge < -0.3 is 9.64 Å². The Morgan fingerprint density at radius 1 is 1.35 bits per heavy atom. The third-order valence-corrected chi connectivity index (χ3v) is 5.69. The lowest BCUT2D eigenvalue weighted by Crippen LogP contribution is -2.51. The number of rotatable bonds is 9. The van der Waals surface area contributed by atoms with Gasteiger partial charge in [-0.1, -0.05) is 24.3 Å². The van der Waals surface area contributed by atoms with E-state index in [0.29, 0.717) is 0 Å². The predicted octanol–water partition coefficient (Wildman–Crippen LogP) is 4.14. The standard InChI is InChI=1S/C19H27NO2S/c1-3-12-19(23-17-10-5-4-6-11-17)13-9-15-20(18(19)21)14-7-8-16-22-2/h3-6,10-11H,1,7-9,12-16H2,2H3. The van der Waals surface area contributed by atoms with Crippen LogP contribution in [0, 0.1) is 0 Å². The number of nitrogens with zero attached hydrogens (tertiary/aromatic N) is 1. The maximum atomic E-state index is 13.1. The van der Waals surface area contributed by atoms with Crippen molar-refractivity contribution in [1.82, 2.24) is 4.90 Å². The van der Waals surface area contributed by atoms with Crippen molar-refractivity contribution in [3.63, 3.8) is 0 Å². The Hall–Kier alpha value is -1.26. The molecule has 0 N–H and O–H groups in total. The molecule has 0 bridgehead atoms. The minimum atomic E-state index is -0.386. The Labute approximate surface area is 144 Å². The number of unbranched alkanes of at least 4 members (excludes halogenated alkanes) is 1. The topological polar surface area (TPSA) is 29.5 Å². The molecule has 2 rings (SSSR count). The predicted molar refractivity (Wildman–Crippen MR) is 96.8 cm³/mol. The zero-order valence-corrected chi connectivity index (χ0v) is 14.8. The van der Waals surface area contributed by atoms with Crippen LogP contribution in [0.15, 0.2) is 47.9 Å². The van der Waals surface area contributed by atoms with Gasteiger partial charge in [0.1, 0.15) is 4.75 Å². The van der Waals surface area contributed by atoms with Gasteiger partial charge in [0.25, 0.3) is 0 Å². The van der Waals surface area contributed by atoms with Gasteiger partial charge in [-0.2, -0.15) is 0 Å². The first-order valence-corrected chi connectivity index (χ1v) is 9.17. The zero-order valence-electron chi connectivity index (χ0n) is 14.0. The highest BCUT2D eigenvalue weighted by Gasteiger charge is 2.43. The molecule has 3 nitrogen and oxygen atoms in total. The van der Waals surface area contributed by atoms with Gasteiger partial charge in [0, 0.05) is 31.7 Å². The molecule has 0 aliphatic carbocycles. The van der Waals surface area contributed by atoms with E-state index in [1.807, 2.05) is 29.2 Å². The Bertz CT molecular complexity index is 505. The number of carbonyl (C=O) groups excluding carboxylic acids is 1. The summed E-state index contributed by atoms with van der Waals surface area (Å²) >= 11 is 1.70. The van der Waals surface area contributed by atoms with Crippen LogP contribution in [-0.2, 0) is 9.53 Å². The molecule has 0 saturated carbocycles. The molecule has 0 aromatic heterocycles. The molecule has 1 aliphatic heterocycles. The van der Waals surface area contributed by atoms with E-state index >= 15 is 0 Å². The number of likely N-dealkylation sites (tertiary alicyclic amines) is 1. The number of benzene rings is 1. The third-order valence-electron chi connectivity index (χ3n) is 4.24. The summed E-state index contributed by atoms with van der Waals surface area (Å²) in [5, 5.41) is 0. The van der Waals surface area contributed by atoms with Crippen LogP contribution in [0.5, 0.6) is 0 Å². The van der Waals surface area contributed by atoms with Gasteiger partial charge in [0.05, 0.1) is 0 Å². The molecule has 23 heavy (non-hydrogen) atoms. The van der Waals surface area contributed by atoms with Gasteiger partial charge in [-0.05, 0) is 44.2 Å². The number of hydrogen-bond acceptors (Lipinski definition) is 3. The number of piperidine rings is 1. The smallest absolute Gasteiger partial charge is 0.239 e. The van der Waals surface area contributed by atoms with Crippen molar-refractivity contribution in [1.29, 1.82) is 0 Å². The van der Waals surface area contributed by atoms with Crippen LogP contribution < -0.4 is 0 Å². The fraction of sp³-hybridized carbons (Fsp3) is 0.526. The highest BCUT2D eigenvalue weighted by atomic mass is 32.2. The van der Waals surface area contributed by atoms with Gasteiger partial charge in [-0.3, -0.25) is 4.79 Å². The first-order chi connectivity index (χ1) is 11.2. The van der Waals surface area contributed by atoms with Crippen LogP contribution >= 0.6 is 11.8 Å². The molecule has 126 valence electrons. The molecule has 1 saturated heterocycles. The van der Waals surface area contributed by atoms with E-state index in [4.69, 9.17) is 4.74 Å². The molecule has 1 amide bonds.